The highest BCUT2D eigenvalue weighted by Gasteiger charge is 2.47. The van der Waals surface area contributed by atoms with Gasteiger partial charge in [0.05, 0.1) is 0 Å². The van der Waals surface area contributed by atoms with Crippen LogP contribution >= 0.6 is 12.4 Å². The van der Waals surface area contributed by atoms with Crippen LogP contribution in [-0.2, 0) is 0 Å². The van der Waals surface area contributed by atoms with E-state index in [1.165, 1.54) is 6.07 Å². The number of benzene rings is 1. The van der Waals surface area contributed by atoms with Crippen molar-refractivity contribution >= 4 is 12.4 Å². The van der Waals surface area contributed by atoms with Gasteiger partial charge in [-0.1, -0.05) is 12.1 Å². The maximum atomic E-state index is 13.2. The predicted octanol–water partition coefficient (Wildman–Crippen LogP) is 2.06. The minimum absolute atomic E-state index is 0. The van der Waals surface area contributed by atoms with E-state index in [1.54, 1.807) is 0 Å². The molecule has 0 spiro atoms. The third-order valence-electron chi connectivity index (χ3n) is 2.46. The Morgan fingerprint density at radius 1 is 1.32 bits per heavy atom. The summed E-state index contributed by atoms with van der Waals surface area (Å²) in [6, 6.07) is 1.50. The van der Waals surface area contributed by atoms with Crippen molar-refractivity contribution in [3.05, 3.63) is 23.8 Å². The molecule has 0 amide bonds. The lowest BCUT2D eigenvalue weighted by Crippen LogP contribution is -2.36. The Kier molecular flexibility index (Phi) is 4.18. The summed E-state index contributed by atoms with van der Waals surface area (Å²) < 4.78 is 60.4. The van der Waals surface area contributed by atoms with E-state index in [1.807, 2.05) is 0 Å². The molecule has 0 unspecified atom stereocenters. The van der Waals surface area contributed by atoms with Crippen LogP contribution in [0.3, 0.4) is 0 Å². The van der Waals surface area contributed by atoms with E-state index in [9.17, 15) is 17.6 Å². The molecule has 0 saturated heterocycles. The summed E-state index contributed by atoms with van der Waals surface area (Å²) in [4.78, 5) is 0. The average molecular weight is 304 g/mol. The number of para-hydroxylation sites is 1. The summed E-state index contributed by atoms with van der Waals surface area (Å²) in [5.74, 6) is -4.57. The lowest BCUT2D eigenvalue weighted by atomic mass is 10.0. The molecule has 0 aliphatic carbocycles. The maximum absolute atomic E-state index is 13.2. The lowest BCUT2D eigenvalue weighted by Gasteiger charge is -2.22. The van der Waals surface area contributed by atoms with Gasteiger partial charge in [-0.05, 0) is 6.07 Å². The van der Waals surface area contributed by atoms with E-state index < -0.39 is 30.6 Å². The van der Waals surface area contributed by atoms with Crippen LogP contribution in [0.2, 0.25) is 0 Å². The molecule has 0 aromatic heterocycles. The summed E-state index contributed by atoms with van der Waals surface area (Å²) >= 11 is 0. The van der Waals surface area contributed by atoms with Crippen LogP contribution in [0.25, 0.3) is 0 Å². The van der Waals surface area contributed by atoms with Gasteiger partial charge >= 0.3 is 6.29 Å². The Bertz CT molecular complexity index is 472. The second-order valence-electron chi connectivity index (χ2n) is 3.74. The van der Waals surface area contributed by atoms with Gasteiger partial charge in [0.15, 0.2) is 11.5 Å². The number of aliphatic hydroxyl groups is 1. The Balaban J connectivity index is 0.00000180. The van der Waals surface area contributed by atoms with Gasteiger partial charge in [0.1, 0.15) is 12.6 Å². The monoisotopic (exact) mass is 303 g/mol. The number of hydrogen-bond acceptors (Lipinski definition) is 4. The highest BCUT2D eigenvalue weighted by molar-refractivity contribution is 5.85. The molecule has 0 saturated carbocycles. The Morgan fingerprint density at radius 2 is 1.95 bits per heavy atom. The molecular formula is C10H10ClF4NO3. The molecule has 0 bridgehead atoms. The summed E-state index contributed by atoms with van der Waals surface area (Å²) in [7, 11) is 0. The quantitative estimate of drug-likeness (QED) is 0.839. The predicted molar refractivity (Wildman–Crippen MR) is 58.9 cm³/mol. The van der Waals surface area contributed by atoms with E-state index in [2.05, 4.69) is 9.47 Å². The van der Waals surface area contributed by atoms with Crippen molar-refractivity contribution in [2.45, 2.75) is 18.3 Å². The minimum atomic E-state index is -3.91. The molecule has 1 aromatic carbocycles. The molecule has 3 N–H and O–H groups in total. The second-order valence-corrected chi connectivity index (χ2v) is 3.74. The number of hydrogen-bond donors (Lipinski definition) is 2. The van der Waals surface area contributed by atoms with Crippen LogP contribution in [0.5, 0.6) is 11.5 Å². The van der Waals surface area contributed by atoms with Crippen LogP contribution < -0.4 is 15.2 Å². The first kappa shape index (κ1) is 15.8. The fraction of sp³-hybridized carbons (Fsp3) is 0.400. The highest BCUT2D eigenvalue weighted by Crippen LogP contribution is 2.46. The van der Waals surface area contributed by atoms with E-state index in [0.29, 0.717) is 0 Å². The topological polar surface area (TPSA) is 64.7 Å². The zero-order chi connectivity index (χ0) is 13.6. The minimum Gasteiger partial charge on any atom is -0.395 e. The molecule has 1 heterocycles. The number of ether oxygens (including phenoxy) is 2. The molecule has 19 heavy (non-hydrogen) atoms. The van der Waals surface area contributed by atoms with Crippen molar-refractivity contribution in [1.29, 1.82) is 0 Å². The highest BCUT2D eigenvalue weighted by atomic mass is 35.5. The second kappa shape index (κ2) is 5.03. The van der Waals surface area contributed by atoms with Crippen molar-refractivity contribution in [3.8, 4) is 11.5 Å². The Hall–Kier alpha value is -1.25. The van der Waals surface area contributed by atoms with Crippen LogP contribution in [0.1, 0.15) is 11.6 Å². The van der Waals surface area contributed by atoms with Crippen LogP contribution in [-0.4, -0.2) is 23.9 Å². The largest absolute Gasteiger partial charge is 0.586 e. The number of rotatable bonds is 3. The molecule has 2 rings (SSSR count). The third kappa shape index (κ3) is 2.85. The Labute approximate surface area is 111 Å². The van der Waals surface area contributed by atoms with Gasteiger partial charge in [0.25, 0.3) is 5.92 Å². The van der Waals surface area contributed by atoms with Crippen LogP contribution in [0.15, 0.2) is 18.2 Å². The summed E-state index contributed by atoms with van der Waals surface area (Å²) in [6.07, 6.45) is -3.91. The molecule has 0 fully saturated rings. The molecule has 9 heteroatoms. The van der Waals surface area contributed by atoms with Gasteiger partial charge < -0.3 is 20.3 Å². The van der Waals surface area contributed by atoms with Gasteiger partial charge in [-0.2, -0.15) is 0 Å². The average Bonchev–Trinajstić information content (AvgIpc) is 2.61. The first-order valence-corrected chi connectivity index (χ1v) is 4.90. The summed E-state index contributed by atoms with van der Waals surface area (Å²) in [5, 5.41) is 8.53. The molecule has 0 radical (unpaired) electrons. The fourth-order valence-electron chi connectivity index (χ4n) is 1.56. The third-order valence-corrected chi connectivity index (χ3v) is 2.46. The van der Waals surface area contributed by atoms with Gasteiger partial charge in [0.2, 0.25) is 0 Å². The Morgan fingerprint density at radius 3 is 2.53 bits per heavy atom. The smallest absolute Gasteiger partial charge is 0.395 e. The number of halogens is 5. The molecule has 1 atom stereocenters. The van der Waals surface area contributed by atoms with Gasteiger partial charge in [-0.25, -0.2) is 8.78 Å². The fourth-order valence-corrected chi connectivity index (χ4v) is 1.56. The molecule has 1 aliphatic heterocycles. The molecule has 4 nitrogen and oxygen atoms in total. The SMILES string of the molecule is Cl.N[C@H](c1cccc2c1OC(F)(F)O2)C(F)(F)CO. The molecule has 1 aromatic rings. The van der Waals surface area contributed by atoms with E-state index in [4.69, 9.17) is 10.8 Å². The zero-order valence-electron chi connectivity index (χ0n) is 9.28. The normalized spacial score (nSPS) is 17.8. The zero-order valence-corrected chi connectivity index (χ0v) is 10.1. The van der Waals surface area contributed by atoms with Gasteiger partial charge in [-0.15, -0.1) is 21.2 Å². The van der Waals surface area contributed by atoms with E-state index >= 15 is 0 Å². The first-order chi connectivity index (χ1) is 8.27. The summed E-state index contributed by atoms with van der Waals surface area (Å²) in [5.41, 5.74) is 4.90. The maximum Gasteiger partial charge on any atom is 0.586 e. The van der Waals surface area contributed by atoms with E-state index in [-0.39, 0.29) is 23.7 Å². The standard InChI is InChI=1S/C10H9F4NO3.ClH/c11-9(12,4-16)8(15)5-2-1-3-6-7(5)18-10(13,14)17-6;/h1-3,8,16H,4,15H2;1H/t8-;/m1./s1. The van der Waals surface area contributed by atoms with Gasteiger partial charge in [-0.3, -0.25) is 0 Å². The van der Waals surface area contributed by atoms with E-state index in [0.717, 1.165) is 12.1 Å². The van der Waals surface area contributed by atoms with Crippen molar-refractivity contribution in [2.75, 3.05) is 6.61 Å². The van der Waals surface area contributed by atoms with Crippen molar-refractivity contribution in [3.63, 3.8) is 0 Å². The van der Waals surface area contributed by atoms with Crippen molar-refractivity contribution in [2.24, 2.45) is 5.73 Å². The molecule has 1 aliphatic rings. The number of nitrogens with two attached hydrogens (primary N) is 1. The number of alkyl halides is 4. The van der Waals surface area contributed by atoms with Gasteiger partial charge in [0, 0.05) is 5.56 Å². The number of fused-ring (bicyclic) bond motifs is 1. The molecule has 108 valence electrons. The lowest BCUT2D eigenvalue weighted by molar-refractivity contribution is -0.287. The summed E-state index contributed by atoms with van der Waals surface area (Å²) in [6.45, 7) is -1.50. The number of aliphatic hydroxyl groups excluding tert-OH is 1. The molecular weight excluding hydrogens is 294 g/mol. The first-order valence-electron chi connectivity index (χ1n) is 4.90. The van der Waals surface area contributed by atoms with Crippen molar-refractivity contribution in [1.82, 2.24) is 0 Å². The van der Waals surface area contributed by atoms with Crippen LogP contribution in [0, 0.1) is 0 Å². The van der Waals surface area contributed by atoms with Crippen molar-refractivity contribution < 1.29 is 32.1 Å². The van der Waals surface area contributed by atoms with Crippen LogP contribution in [0.4, 0.5) is 17.6 Å².